The molecule has 2 aromatic rings. The number of hydrogen-bond acceptors (Lipinski definition) is 5. The Morgan fingerprint density at radius 2 is 2.08 bits per heavy atom. The van der Waals surface area contributed by atoms with Crippen molar-refractivity contribution in [3.63, 3.8) is 0 Å². The van der Waals surface area contributed by atoms with Gasteiger partial charge < -0.3 is 19.5 Å². The van der Waals surface area contributed by atoms with Gasteiger partial charge in [-0.05, 0) is 44.3 Å². The Kier molecular flexibility index (Phi) is 5.68. The van der Waals surface area contributed by atoms with E-state index in [1.807, 2.05) is 26.2 Å². The molecule has 1 fully saturated rings. The summed E-state index contributed by atoms with van der Waals surface area (Å²) in [4.78, 5) is 2.09. The molecule has 1 N–H and O–H groups in total. The van der Waals surface area contributed by atoms with Gasteiger partial charge in [-0.1, -0.05) is 37.2 Å². The number of ether oxygens (including phenoxy) is 1. The second kappa shape index (κ2) is 7.80. The third-order valence-corrected chi connectivity index (χ3v) is 5.74. The van der Waals surface area contributed by atoms with Crippen molar-refractivity contribution in [1.29, 1.82) is 0 Å². The fourth-order valence-corrected chi connectivity index (χ4v) is 3.88. The average Bonchev–Trinajstić information content (AvgIpc) is 3.04. The molecule has 1 aliphatic carbocycles. The summed E-state index contributed by atoms with van der Waals surface area (Å²) in [6.45, 7) is 6.33. The zero-order valence-corrected chi connectivity index (χ0v) is 16.6. The van der Waals surface area contributed by atoms with Crippen molar-refractivity contribution in [2.24, 2.45) is 11.3 Å². The van der Waals surface area contributed by atoms with Crippen molar-refractivity contribution >= 4 is 0 Å². The summed E-state index contributed by atoms with van der Waals surface area (Å²) in [7, 11) is 5.80. The molecule has 3 rings (SSSR count). The summed E-state index contributed by atoms with van der Waals surface area (Å²) in [6, 6.07) is 10.8. The molecule has 0 saturated heterocycles. The van der Waals surface area contributed by atoms with Gasteiger partial charge in [0.25, 0.3) is 0 Å². The quantitative estimate of drug-likeness (QED) is 0.784. The van der Waals surface area contributed by atoms with Crippen LogP contribution in [0, 0.1) is 11.3 Å². The lowest BCUT2D eigenvalue weighted by Crippen LogP contribution is -2.57. The Labute approximate surface area is 156 Å². The van der Waals surface area contributed by atoms with Crippen molar-refractivity contribution < 1.29 is 9.26 Å². The van der Waals surface area contributed by atoms with Gasteiger partial charge in [-0.25, -0.2) is 0 Å². The maximum absolute atomic E-state index is 5.45. The minimum atomic E-state index is 0.239. The molecule has 1 aliphatic rings. The lowest BCUT2D eigenvalue weighted by Gasteiger charge is -2.52. The van der Waals surface area contributed by atoms with Gasteiger partial charge in [0.2, 0.25) is 0 Å². The molecule has 0 radical (unpaired) electrons. The monoisotopic (exact) mass is 357 g/mol. The first-order chi connectivity index (χ1) is 12.4. The fraction of sp³-hybridized carbons (Fsp3) is 0.571. The summed E-state index contributed by atoms with van der Waals surface area (Å²) < 4.78 is 10.9. The van der Waals surface area contributed by atoms with E-state index in [-0.39, 0.29) is 5.41 Å². The van der Waals surface area contributed by atoms with E-state index in [0.29, 0.717) is 12.0 Å². The van der Waals surface area contributed by atoms with Crippen molar-refractivity contribution in [1.82, 2.24) is 15.4 Å². The van der Waals surface area contributed by atoms with Crippen LogP contribution in [-0.2, 0) is 19.5 Å². The van der Waals surface area contributed by atoms with Crippen LogP contribution in [0.1, 0.15) is 37.3 Å². The molecular formula is C21H31N3O2. The van der Waals surface area contributed by atoms with Crippen molar-refractivity contribution in [2.45, 2.75) is 45.8 Å². The minimum Gasteiger partial charge on any atom is -0.496 e. The van der Waals surface area contributed by atoms with E-state index in [9.17, 15) is 0 Å². The molecule has 1 aromatic heterocycles. The van der Waals surface area contributed by atoms with Crippen LogP contribution in [0.4, 0.5) is 0 Å². The summed E-state index contributed by atoms with van der Waals surface area (Å²) in [5.41, 5.74) is 2.52. The van der Waals surface area contributed by atoms with E-state index in [1.165, 1.54) is 5.56 Å². The van der Waals surface area contributed by atoms with Crippen LogP contribution < -0.4 is 10.1 Å². The van der Waals surface area contributed by atoms with Gasteiger partial charge in [-0.2, -0.15) is 0 Å². The zero-order valence-electron chi connectivity index (χ0n) is 16.6. The summed E-state index contributed by atoms with van der Waals surface area (Å²) in [6.07, 6.45) is 2.15. The summed E-state index contributed by atoms with van der Waals surface area (Å²) >= 11 is 0. The highest BCUT2D eigenvalue weighted by atomic mass is 16.5. The van der Waals surface area contributed by atoms with Crippen LogP contribution in [0.15, 0.2) is 34.9 Å². The summed E-state index contributed by atoms with van der Waals surface area (Å²) in [5, 5.41) is 7.98. The lowest BCUT2D eigenvalue weighted by molar-refractivity contribution is 0.0124. The Bertz CT molecular complexity index is 724. The summed E-state index contributed by atoms with van der Waals surface area (Å²) in [5.74, 6) is 2.51. The molecular weight excluding hydrogens is 326 g/mol. The van der Waals surface area contributed by atoms with Gasteiger partial charge in [0.1, 0.15) is 5.75 Å². The van der Waals surface area contributed by atoms with Crippen molar-refractivity contribution in [3.8, 4) is 5.75 Å². The Morgan fingerprint density at radius 1 is 1.31 bits per heavy atom. The number of methoxy groups -OCH3 is 1. The van der Waals surface area contributed by atoms with Crippen LogP contribution >= 0.6 is 0 Å². The maximum atomic E-state index is 5.45. The Balaban J connectivity index is 1.53. The molecule has 0 aliphatic heterocycles. The Hall–Kier alpha value is -1.85. The Morgan fingerprint density at radius 3 is 2.77 bits per heavy atom. The first-order valence-electron chi connectivity index (χ1n) is 9.34. The number of nitrogens with zero attached hydrogens (tertiary/aromatic N) is 2. The van der Waals surface area contributed by atoms with E-state index in [0.717, 1.165) is 43.1 Å². The normalized spacial score (nSPS) is 21.6. The molecule has 2 unspecified atom stereocenters. The van der Waals surface area contributed by atoms with Gasteiger partial charge in [0.15, 0.2) is 5.76 Å². The van der Waals surface area contributed by atoms with Crippen LogP contribution in [-0.4, -0.2) is 37.3 Å². The highest BCUT2D eigenvalue weighted by molar-refractivity contribution is 5.33. The number of nitrogens with one attached hydrogen (secondary N) is 1. The number of benzene rings is 1. The highest BCUT2D eigenvalue weighted by Crippen LogP contribution is 2.48. The molecule has 0 amide bonds. The van der Waals surface area contributed by atoms with Gasteiger partial charge in [-0.3, -0.25) is 0 Å². The first kappa shape index (κ1) is 18.9. The molecule has 0 spiro atoms. The maximum Gasteiger partial charge on any atom is 0.150 e. The fourth-order valence-electron chi connectivity index (χ4n) is 3.88. The van der Waals surface area contributed by atoms with Gasteiger partial charge >= 0.3 is 0 Å². The van der Waals surface area contributed by atoms with Crippen molar-refractivity contribution in [2.75, 3.05) is 21.2 Å². The second-order valence-corrected chi connectivity index (χ2v) is 8.23. The average molecular weight is 357 g/mol. The van der Waals surface area contributed by atoms with E-state index >= 15 is 0 Å². The van der Waals surface area contributed by atoms with E-state index in [1.54, 1.807) is 7.11 Å². The molecule has 5 heteroatoms. The smallest absolute Gasteiger partial charge is 0.150 e. The molecule has 26 heavy (non-hydrogen) atoms. The third kappa shape index (κ3) is 4.10. The number of para-hydroxylation sites is 1. The van der Waals surface area contributed by atoms with Crippen LogP contribution in [0.3, 0.4) is 0 Å². The zero-order chi connectivity index (χ0) is 18.7. The number of rotatable bonds is 8. The third-order valence-electron chi connectivity index (χ3n) is 5.74. The second-order valence-electron chi connectivity index (χ2n) is 8.23. The predicted molar refractivity (Wildman–Crippen MR) is 103 cm³/mol. The van der Waals surface area contributed by atoms with Crippen LogP contribution in [0.25, 0.3) is 0 Å². The molecule has 1 saturated carbocycles. The largest absolute Gasteiger partial charge is 0.496 e. The van der Waals surface area contributed by atoms with E-state index in [4.69, 9.17) is 9.26 Å². The molecule has 1 aromatic carbocycles. The van der Waals surface area contributed by atoms with Crippen LogP contribution in [0.5, 0.6) is 5.75 Å². The van der Waals surface area contributed by atoms with E-state index < -0.39 is 0 Å². The molecule has 0 bridgehead atoms. The predicted octanol–water partition coefficient (Wildman–Crippen LogP) is 3.49. The lowest BCUT2D eigenvalue weighted by atomic mass is 9.57. The van der Waals surface area contributed by atoms with Gasteiger partial charge in [-0.15, -0.1) is 0 Å². The minimum absolute atomic E-state index is 0.239. The molecule has 1 heterocycles. The SMILES string of the molecule is COc1ccccc1CNC1CC(Cc2cc(CN(C)C)on2)C1(C)C. The van der Waals surface area contributed by atoms with Crippen LogP contribution in [0.2, 0.25) is 0 Å². The van der Waals surface area contributed by atoms with E-state index in [2.05, 4.69) is 47.4 Å². The first-order valence-corrected chi connectivity index (χ1v) is 9.34. The molecule has 142 valence electrons. The van der Waals surface area contributed by atoms with Gasteiger partial charge in [0, 0.05) is 24.2 Å². The van der Waals surface area contributed by atoms with Gasteiger partial charge in [0.05, 0.1) is 19.3 Å². The number of hydrogen-bond donors (Lipinski definition) is 1. The highest BCUT2D eigenvalue weighted by Gasteiger charge is 2.47. The number of aromatic nitrogens is 1. The topological polar surface area (TPSA) is 50.5 Å². The molecule has 2 atom stereocenters. The van der Waals surface area contributed by atoms with Crippen molar-refractivity contribution in [3.05, 3.63) is 47.3 Å². The molecule has 5 nitrogen and oxygen atoms in total. The standard InChI is InChI=1S/C21H31N3O2/c1-21(2)16(10-17-12-18(26-23-17)14-24(3)4)11-20(21)22-13-15-8-6-7-9-19(15)25-5/h6-9,12,16,20,22H,10-11,13-14H2,1-5H3.